The largest absolute Gasteiger partial charge is 0.443 e. The van der Waals surface area contributed by atoms with E-state index in [4.69, 9.17) is 10.2 Å². The van der Waals surface area contributed by atoms with E-state index in [-0.39, 0.29) is 11.7 Å². The Morgan fingerprint density at radius 2 is 1.82 bits per heavy atom. The predicted octanol–water partition coefficient (Wildman–Crippen LogP) is 4.58. The molecular weight excluding hydrogens is 530 g/mol. The van der Waals surface area contributed by atoms with Gasteiger partial charge in [0.25, 0.3) is 15.9 Å². The number of rotatable bonds is 4. The van der Waals surface area contributed by atoms with Crippen molar-refractivity contribution in [3.63, 3.8) is 0 Å². The highest BCUT2D eigenvalue weighted by atomic mass is 32.2. The normalized spacial score (nSPS) is 16.1. The Morgan fingerprint density at radius 3 is 2.54 bits per heavy atom. The van der Waals surface area contributed by atoms with E-state index in [1.165, 1.54) is 15.6 Å². The second kappa shape index (κ2) is 10.0. The van der Waals surface area contributed by atoms with Gasteiger partial charge in [0.05, 0.1) is 10.6 Å². The minimum absolute atomic E-state index is 0.186. The molecule has 0 radical (unpaired) electrons. The average molecular weight is 558 g/mol. The number of nitrogens with two attached hydrogens (primary N) is 1. The summed E-state index contributed by atoms with van der Waals surface area (Å²) in [5.41, 5.74) is 9.07. The Bertz CT molecular complexity index is 1670. The molecule has 2 aromatic heterocycles. The molecule has 0 aliphatic carbocycles. The van der Waals surface area contributed by atoms with Gasteiger partial charge in [-0.05, 0) is 71.7 Å². The fraction of sp³-hybridized carbons (Fsp3) is 0.233. The predicted molar refractivity (Wildman–Crippen MR) is 151 cm³/mol. The number of hydrogen-bond donors (Lipinski definition) is 1. The number of anilines is 1. The lowest BCUT2D eigenvalue weighted by molar-refractivity contribution is 0.0642. The van der Waals surface area contributed by atoms with Gasteiger partial charge >= 0.3 is 0 Å². The first-order valence-electron chi connectivity index (χ1n) is 12.7. The molecule has 0 bridgehead atoms. The zero-order valence-electron chi connectivity index (χ0n) is 21.2. The van der Waals surface area contributed by atoms with Crippen molar-refractivity contribution in [1.29, 1.82) is 0 Å². The smallest absolute Gasteiger partial charge is 0.289 e. The summed E-state index contributed by atoms with van der Waals surface area (Å²) in [4.78, 5) is 15.4. The molecule has 2 aromatic carbocycles. The Hall–Kier alpha value is -3.84. The Morgan fingerprint density at radius 1 is 1.03 bits per heavy atom. The van der Waals surface area contributed by atoms with Gasteiger partial charge in [0.15, 0.2) is 11.5 Å². The molecule has 1 spiro atoms. The molecule has 4 aromatic rings. The quantitative estimate of drug-likeness (QED) is 0.371. The molecule has 2 aliphatic heterocycles. The number of carbonyl (C=O) groups excluding carboxylic acids is 1. The first-order valence-corrected chi connectivity index (χ1v) is 15.1. The average Bonchev–Trinajstić information content (AvgIpc) is 3.73. The van der Waals surface area contributed by atoms with Crippen molar-refractivity contribution >= 4 is 33.0 Å². The van der Waals surface area contributed by atoms with E-state index >= 15 is 0 Å². The molecular formula is C30H27N3O4S2. The van der Waals surface area contributed by atoms with Crippen LogP contribution in [0.2, 0.25) is 0 Å². The van der Waals surface area contributed by atoms with Gasteiger partial charge in [-0.3, -0.25) is 9.10 Å². The van der Waals surface area contributed by atoms with Crippen molar-refractivity contribution in [2.75, 3.05) is 23.9 Å². The van der Waals surface area contributed by atoms with Crippen LogP contribution < -0.4 is 10.0 Å². The number of fused-ring (bicyclic) bond motifs is 2. The van der Waals surface area contributed by atoms with E-state index in [2.05, 4.69) is 11.8 Å². The summed E-state index contributed by atoms with van der Waals surface area (Å²) >= 11 is 1.36. The van der Waals surface area contributed by atoms with Crippen LogP contribution in [0.1, 0.15) is 45.8 Å². The summed E-state index contributed by atoms with van der Waals surface area (Å²) in [6.45, 7) is 1.70. The molecule has 9 heteroatoms. The molecule has 0 saturated carbocycles. The molecule has 39 heavy (non-hydrogen) atoms. The second-order valence-electron chi connectivity index (χ2n) is 9.88. The lowest BCUT2D eigenvalue weighted by Gasteiger charge is -2.39. The molecule has 0 unspecified atom stereocenters. The summed E-state index contributed by atoms with van der Waals surface area (Å²) in [5, 5.41) is 3.44. The maximum Gasteiger partial charge on any atom is 0.289 e. The summed E-state index contributed by atoms with van der Waals surface area (Å²) in [5.74, 6) is 6.51. The summed E-state index contributed by atoms with van der Waals surface area (Å²) < 4.78 is 34.4. The lowest BCUT2D eigenvalue weighted by atomic mass is 9.74. The fourth-order valence-corrected chi connectivity index (χ4v) is 8.02. The minimum atomic E-state index is -3.70. The van der Waals surface area contributed by atoms with Crippen LogP contribution in [0, 0.1) is 11.8 Å². The number of benzene rings is 2. The van der Waals surface area contributed by atoms with Gasteiger partial charge in [0.2, 0.25) is 0 Å². The van der Waals surface area contributed by atoms with E-state index < -0.39 is 15.4 Å². The Balaban J connectivity index is 1.22. The lowest BCUT2D eigenvalue weighted by Crippen LogP contribution is -2.47. The maximum atomic E-state index is 13.6. The number of likely N-dealkylation sites (tertiary alicyclic amines) is 1. The van der Waals surface area contributed by atoms with Crippen LogP contribution in [0.3, 0.4) is 0 Å². The number of sulfonamides is 1. The third-order valence-corrected chi connectivity index (χ3v) is 10.2. The molecule has 4 heterocycles. The molecule has 1 saturated heterocycles. The van der Waals surface area contributed by atoms with Crippen molar-refractivity contribution in [3.8, 4) is 11.8 Å². The Labute approximate surface area is 231 Å². The molecule has 1 fully saturated rings. The number of carbonyl (C=O) groups is 1. The zero-order valence-corrected chi connectivity index (χ0v) is 22.8. The van der Waals surface area contributed by atoms with Crippen molar-refractivity contribution in [2.24, 2.45) is 5.73 Å². The summed E-state index contributed by atoms with van der Waals surface area (Å²) in [6, 6.07) is 20.4. The van der Waals surface area contributed by atoms with Crippen LogP contribution in [0.4, 0.5) is 5.69 Å². The van der Waals surface area contributed by atoms with Crippen molar-refractivity contribution in [1.82, 2.24) is 4.90 Å². The van der Waals surface area contributed by atoms with Crippen LogP contribution in [-0.2, 0) is 22.0 Å². The van der Waals surface area contributed by atoms with Gasteiger partial charge in [-0.2, -0.15) is 11.3 Å². The van der Waals surface area contributed by atoms with Gasteiger partial charge in [-0.25, -0.2) is 8.42 Å². The van der Waals surface area contributed by atoms with E-state index in [9.17, 15) is 13.2 Å². The van der Waals surface area contributed by atoms with Crippen molar-refractivity contribution in [2.45, 2.75) is 29.7 Å². The second-order valence-corrected chi connectivity index (χ2v) is 12.5. The monoisotopic (exact) mass is 557 g/mol. The number of hydrogen-bond acceptors (Lipinski definition) is 6. The Kier molecular flexibility index (Phi) is 6.55. The molecule has 2 N–H and O–H groups in total. The number of piperidine rings is 1. The topological polar surface area (TPSA) is 96.8 Å². The van der Waals surface area contributed by atoms with E-state index in [1.807, 2.05) is 48.5 Å². The van der Waals surface area contributed by atoms with Gasteiger partial charge in [0.1, 0.15) is 0 Å². The van der Waals surface area contributed by atoms with E-state index in [0.717, 1.165) is 16.7 Å². The first-order chi connectivity index (χ1) is 18.9. The van der Waals surface area contributed by atoms with E-state index in [0.29, 0.717) is 55.4 Å². The zero-order chi connectivity index (χ0) is 27.0. The van der Waals surface area contributed by atoms with E-state index in [1.54, 1.807) is 33.9 Å². The van der Waals surface area contributed by atoms with Crippen molar-refractivity contribution in [3.05, 3.63) is 106 Å². The maximum absolute atomic E-state index is 13.6. The number of nitrogens with zero attached hydrogens (tertiary/aromatic N) is 2. The third kappa shape index (κ3) is 4.65. The van der Waals surface area contributed by atoms with Gasteiger partial charge in [0, 0.05) is 42.5 Å². The standard InChI is InChI=1S/C30H27N3O4S2/c31-19-23-7-10-27-26(18-23)30(21-33(27)39(35,36)25-12-17-38-20-25)13-15-32(16-14-30)29(34)28-11-9-24(37-28)8-6-22-4-2-1-3-5-22/h1-5,7,9-12,17-18,20H,13-16,19,21,31H2. The SMILES string of the molecule is NCc1ccc2c(c1)C1(CCN(C(=O)c3ccc(C#Cc4ccccc4)o3)CC1)CN2S(=O)(=O)c1ccsc1. The summed E-state index contributed by atoms with van der Waals surface area (Å²) in [7, 11) is -3.70. The van der Waals surface area contributed by atoms with Crippen molar-refractivity contribution < 1.29 is 17.6 Å². The fourth-order valence-electron chi connectivity index (χ4n) is 5.43. The van der Waals surface area contributed by atoms with Crippen LogP contribution in [0.25, 0.3) is 0 Å². The van der Waals surface area contributed by atoms with Crippen LogP contribution in [-0.4, -0.2) is 38.9 Å². The minimum Gasteiger partial charge on any atom is -0.443 e. The highest BCUT2D eigenvalue weighted by molar-refractivity contribution is 7.93. The molecule has 0 atom stereocenters. The highest BCUT2D eigenvalue weighted by Crippen LogP contribution is 2.49. The van der Waals surface area contributed by atoms with Crippen LogP contribution in [0.5, 0.6) is 0 Å². The van der Waals surface area contributed by atoms with Gasteiger partial charge < -0.3 is 15.1 Å². The molecule has 1 amide bonds. The third-order valence-electron chi connectivity index (χ3n) is 7.59. The highest BCUT2D eigenvalue weighted by Gasteiger charge is 2.49. The number of thiophene rings is 1. The number of furan rings is 1. The molecule has 2 aliphatic rings. The van der Waals surface area contributed by atoms with Gasteiger partial charge in [-0.15, -0.1) is 0 Å². The molecule has 6 rings (SSSR count). The van der Waals surface area contributed by atoms with Crippen LogP contribution in [0.15, 0.2) is 86.8 Å². The first kappa shape index (κ1) is 25.4. The van der Waals surface area contributed by atoms with Gasteiger partial charge in [-0.1, -0.05) is 36.3 Å². The molecule has 198 valence electrons. The number of amides is 1. The molecule has 7 nitrogen and oxygen atoms in total. The summed E-state index contributed by atoms with van der Waals surface area (Å²) in [6.07, 6.45) is 1.27. The van der Waals surface area contributed by atoms with Crippen LogP contribution >= 0.6 is 11.3 Å².